The van der Waals surface area contributed by atoms with E-state index in [9.17, 15) is 5.11 Å². The molecule has 4 rings (SSSR count). The van der Waals surface area contributed by atoms with Crippen LogP contribution in [0.2, 0.25) is 0 Å². The molecule has 2 aromatic rings. The first-order chi connectivity index (χ1) is 14.2. The summed E-state index contributed by atoms with van der Waals surface area (Å²) in [4.78, 5) is 8.93. The number of ether oxygens (including phenoxy) is 2. The molecule has 2 N–H and O–H groups in total. The predicted molar refractivity (Wildman–Crippen MR) is 114 cm³/mol. The Morgan fingerprint density at radius 1 is 1.03 bits per heavy atom. The number of anilines is 1. The van der Waals surface area contributed by atoms with Gasteiger partial charge in [-0.1, -0.05) is 18.2 Å². The second-order valence-corrected chi connectivity index (χ2v) is 7.16. The van der Waals surface area contributed by atoms with Crippen molar-refractivity contribution in [3.05, 3.63) is 48.0 Å². The lowest BCUT2D eigenvalue weighted by atomic mass is 10.1. The highest BCUT2D eigenvalue weighted by Crippen LogP contribution is 2.31. The van der Waals surface area contributed by atoms with Crippen LogP contribution >= 0.6 is 0 Å². The van der Waals surface area contributed by atoms with E-state index in [1.807, 2.05) is 31.3 Å². The van der Waals surface area contributed by atoms with E-state index in [2.05, 4.69) is 32.2 Å². The van der Waals surface area contributed by atoms with E-state index in [-0.39, 0.29) is 0 Å². The van der Waals surface area contributed by atoms with Gasteiger partial charge in [-0.2, -0.15) is 0 Å². The van der Waals surface area contributed by atoms with Gasteiger partial charge in [-0.15, -0.1) is 0 Å². The first-order valence-corrected chi connectivity index (χ1v) is 10.1. The number of aliphatic imine (C=N–C) groups is 1. The molecule has 2 aliphatic rings. The van der Waals surface area contributed by atoms with E-state index in [1.165, 1.54) is 5.56 Å². The zero-order chi connectivity index (χ0) is 20.1. The van der Waals surface area contributed by atoms with Gasteiger partial charge in [0.15, 0.2) is 17.5 Å². The second kappa shape index (κ2) is 8.94. The number of para-hydroxylation sites is 2. The minimum absolute atomic E-state index is 0.336. The van der Waals surface area contributed by atoms with E-state index in [4.69, 9.17) is 9.47 Å². The molecule has 2 aliphatic heterocycles. The maximum absolute atomic E-state index is 10.1. The van der Waals surface area contributed by atoms with Gasteiger partial charge in [-0.3, -0.25) is 4.99 Å². The van der Waals surface area contributed by atoms with Gasteiger partial charge in [0.1, 0.15) is 19.0 Å². The molecule has 0 aromatic heterocycles. The number of phenols is 1. The van der Waals surface area contributed by atoms with E-state index in [0.29, 0.717) is 19.0 Å². The summed E-state index contributed by atoms with van der Waals surface area (Å²) in [7, 11) is 1.82. The number of benzene rings is 2. The third-order valence-electron chi connectivity index (χ3n) is 5.32. The van der Waals surface area contributed by atoms with Crippen molar-refractivity contribution in [2.45, 2.75) is 6.42 Å². The lowest BCUT2D eigenvalue weighted by molar-refractivity contribution is 0.171. The van der Waals surface area contributed by atoms with Gasteiger partial charge in [0.25, 0.3) is 0 Å². The Bertz CT molecular complexity index is 863. The summed E-state index contributed by atoms with van der Waals surface area (Å²) in [5, 5.41) is 13.5. The molecule has 0 unspecified atom stereocenters. The highest BCUT2D eigenvalue weighted by atomic mass is 16.6. The average molecular weight is 396 g/mol. The van der Waals surface area contributed by atoms with Gasteiger partial charge >= 0.3 is 0 Å². The summed E-state index contributed by atoms with van der Waals surface area (Å²) in [5.41, 5.74) is 2.11. The Morgan fingerprint density at radius 2 is 1.79 bits per heavy atom. The number of guanidine groups is 1. The van der Waals surface area contributed by atoms with Crippen LogP contribution in [0.4, 0.5) is 5.69 Å². The standard InChI is InChI=1S/C22H28N4O3/c1-23-22(24-9-8-17-6-7-20-21(16-17)29-15-14-28-20)26-12-10-25(11-13-26)18-4-2-3-5-19(18)27/h2-7,16,27H,8-15H2,1H3,(H,23,24). The summed E-state index contributed by atoms with van der Waals surface area (Å²) >= 11 is 0. The number of rotatable bonds is 4. The van der Waals surface area contributed by atoms with Gasteiger partial charge in [-0.05, 0) is 36.2 Å². The van der Waals surface area contributed by atoms with Crippen LogP contribution in [-0.4, -0.2) is 69.0 Å². The fourth-order valence-electron chi connectivity index (χ4n) is 3.78. The zero-order valence-corrected chi connectivity index (χ0v) is 16.8. The molecule has 0 amide bonds. The van der Waals surface area contributed by atoms with Crippen LogP contribution in [0.5, 0.6) is 17.2 Å². The summed E-state index contributed by atoms with van der Waals surface area (Å²) in [6.45, 7) is 5.43. The number of nitrogens with one attached hydrogen (secondary N) is 1. The summed E-state index contributed by atoms with van der Waals surface area (Å²) < 4.78 is 11.2. The molecule has 2 heterocycles. The number of phenolic OH excluding ortho intramolecular Hbond substituents is 1. The summed E-state index contributed by atoms with van der Waals surface area (Å²) in [6.07, 6.45) is 0.882. The van der Waals surface area contributed by atoms with Gasteiger partial charge in [0, 0.05) is 39.8 Å². The fraction of sp³-hybridized carbons (Fsp3) is 0.409. The quantitative estimate of drug-likeness (QED) is 0.609. The van der Waals surface area contributed by atoms with E-state index in [0.717, 1.165) is 62.3 Å². The molecule has 7 heteroatoms. The summed E-state index contributed by atoms with van der Waals surface area (Å²) in [6, 6.07) is 13.6. The predicted octanol–water partition coefficient (Wildman–Crippen LogP) is 2.10. The van der Waals surface area contributed by atoms with Crippen LogP contribution in [0.25, 0.3) is 0 Å². The summed E-state index contributed by atoms with van der Waals surface area (Å²) in [5.74, 6) is 2.91. The van der Waals surface area contributed by atoms with Crippen molar-refractivity contribution in [3.8, 4) is 17.2 Å². The molecule has 0 radical (unpaired) electrons. The molecule has 1 fully saturated rings. The molecule has 1 saturated heterocycles. The van der Waals surface area contributed by atoms with Crippen molar-refractivity contribution in [3.63, 3.8) is 0 Å². The Hall–Kier alpha value is -3.09. The van der Waals surface area contributed by atoms with Crippen molar-refractivity contribution in [1.29, 1.82) is 0 Å². The van der Waals surface area contributed by atoms with Gasteiger partial charge in [-0.25, -0.2) is 0 Å². The first kappa shape index (κ1) is 19.2. The first-order valence-electron chi connectivity index (χ1n) is 10.1. The molecule has 2 aromatic carbocycles. The van der Waals surface area contributed by atoms with Crippen LogP contribution in [-0.2, 0) is 6.42 Å². The number of piperazine rings is 1. The molecule has 0 aliphatic carbocycles. The maximum atomic E-state index is 10.1. The van der Waals surface area contributed by atoms with E-state index in [1.54, 1.807) is 6.07 Å². The van der Waals surface area contributed by atoms with Crippen LogP contribution in [0.1, 0.15) is 5.56 Å². The van der Waals surface area contributed by atoms with E-state index >= 15 is 0 Å². The normalized spacial score (nSPS) is 16.7. The third kappa shape index (κ3) is 4.50. The van der Waals surface area contributed by atoms with Crippen LogP contribution in [0, 0.1) is 0 Å². The average Bonchev–Trinajstić information content (AvgIpc) is 2.77. The Labute approximate surface area is 171 Å². The van der Waals surface area contributed by atoms with Crippen LogP contribution < -0.4 is 19.7 Å². The van der Waals surface area contributed by atoms with Gasteiger partial charge in [0.05, 0.1) is 5.69 Å². The largest absolute Gasteiger partial charge is 0.506 e. The van der Waals surface area contributed by atoms with Crippen LogP contribution in [0.15, 0.2) is 47.5 Å². The number of fused-ring (bicyclic) bond motifs is 1. The fourth-order valence-corrected chi connectivity index (χ4v) is 3.78. The minimum Gasteiger partial charge on any atom is -0.506 e. The molecule has 154 valence electrons. The topological polar surface area (TPSA) is 69.6 Å². The number of hydrogen-bond acceptors (Lipinski definition) is 5. The van der Waals surface area contributed by atoms with Crippen molar-refractivity contribution >= 4 is 11.6 Å². The van der Waals surface area contributed by atoms with Crippen molar-refractivity contribution < 1.29 is 14.6 Å². The monoisotopic (exact) mass is 396 g/mol. The lowest BCUT2D eigenvalue weighted by Crippen LogP contribution is -2.52. The highest BCUT2D eigenvalue weighted by molar-refractivity contribution is 5.80. The second-order valence-electron chi connectivity index (χ2n) is 7.16. The number of aromatic hydroxyl groups is 1. The Morgan fingerprint density at radius 3 is 2.55 bits per heavy atom. The molecule has 0 saturated carbocycles. The Balaban J connectivity index is 1.27. The lowest BCUT2D eigenvalue weighted by Gasteiger charge is -2.37. The molecule has 0 atom stereocenters. The minimum atomic E-state index is 0.336. The van der Waals surface area contributed by atoms with Gasteiger partial charge in [0.2, 0.25) is 0 Å². The third-order valence-corrected chi connectivity index (χ3v) is 5.32. The SMILES string of the molecule is CN=C(NCCc1ccc2c(c1)OCCO2)N1CCN(c2ccccc2O)CC1. The molecule has 0 spiro atoms. The molecule has 7 nitrogen and oxygen atoms in total. The Kier molecular flexibility index (Phi) is 5.93. The zero-order valence-electron chi connectivity index (χ0n) is 16.8. The highest BCUT2D eigenvalue weighted by Gasteiger charge is 2.21. The maximum Gasteiger partial charge on any atom is 0.193 e. The molecular weight excluding hydrogens is 368 g/mol. The molecule has 0 bridgehead atoms. The van der Waals surface area contributed by atoms with Crippen molar-refractivity contribution in [2.75, 3.05) is 57.9 Å². The van der Waals surface area contributed by atoms with Gasteiger partial charge < -0.3 is 29.7 Å². The van der Waals surface area contributed by atoms with Crippen molar-refractivity contribution in [1.82, 2.24) is 10.2 Å². The molecule has 29 heavy (non-hydrogen) atoms. The van der Waals surface area contributed by atoms with E-state index < -0.39 is 0 Å². The molecular formula is C22H28N4O3. The number of nitrogens with zero attached hydrogens (tertiary/aromatic N) is 3. The van der Waals surface area contributed by atoms with Crippen LogP contribution in [0.3, 0.4) is 0 Å². The smallest absolute Gasteiger partial charge is 0.193 e. The van der Waals surface area contributed by atoms with Crippen molar-refractivity contribution in [2.24, 2.45) is 4.99 Å². The number of hydrogen-bond donors (Lipinski definition) is 2.